The SMILES string of the molecule is CC(C)(C)OC(=O)NC(CN1C[C@@H]2CC1C(=O)N2c1ccc(C#N)cc1)C(=O)N1CCCC1C#N. The Bertz CT molecular complexity index is 1080. The number of nitrogens with one attached hydrogen (secondary N) is 1. The molecule has 184 valence electrons. The molecule has 3 fully saturated rings. The maximum absolute atomic E-state index is 13.4. The topological polar surface area (TPSA) is 130 Å². The largest absolute Gasteiger partial charge is 0.444 e. The van der Waals surface area contributed by atoms with Crippen LogP contribution in [0, 0.1) is 22.7 Å². The van der Waals surface area contributed by atoms with Gasteiger partial charge in [0.1, 0.15) is 17.7 Å². The molecule has 0 saturated carbocycles. The van der Waals surface area contributed by atoms with Crippen molar-refractivity contribution >= 4 is 23.6 Å². The third-order valence-electron chi connectivity index (χ3n) is 6.63. The van der Waals surface area contributed by atoms with E-state index in [-0.39, 0.29) is 24.4 Å². The lowest BCUT2D eigenvalue weighted by atomic mass is 10.1. The van der Waals surface area contributed by atoms with E-state index in [1.165, 1.54) is 4.90 Å². The third kappa shape index (κ3) is 5.08. The molecular weight excluding hydrogens is 448 g/mol. The molecule has 4 atom stereocenters. The third-order valence-corrected chi connectivity index (χ3v) is 6.63. The zero-order valence-electron chi connectivity index (χ0n) is 20.2. The highest BCUT2D eigenvalue weighted by atomic mass is 16.6. The van der Waals surface area contributed by atoms with Gasteiger partial charge in [-0.05, 0) is 64.3 Å². The van der Waals surface area contributed by atoms with Crippen molar-refractivity contribution in [3.05, 3.63) is 29.8 Å². The van der Waals surface area contributed by atoms with Crippen molar-refractivity contribution < 1.29 is 19.1 Å². The molecule has 10 nitrogen and oxygen atoms in total. The smallest absolute Gasteiger partial charge is 0.408 e. The van der Waals surface area contributed by atoms with E-state index in [9.17, 15) is 19.6 Å². The molecule has 0 radical (unpaired) electrons. The van der Waals surface area contributed by atoms with Crippen LogP contribution in [-0.2, 0) is 14.3 Å². The monoisotopic (exact) mass is 478 g/mol. The summed E-state index contributed by atoms with van der Waals surface area (Å²) in [6, 6.07) is 9.24. The van der Waals surface area contributed by atoms with Gasteiger partial charge in [0.2, 0.25) is 11.8 Å². The molecule has 3 aliphatic heterocycles. The number of amides is 3. The van der Waals surface area contributed by atoms with Crippen LogP contribution < -0.4 is 10.2 Å². The maximum Gasteiger partial charge on any atom is 0.408 e. The predicted molar refractivity (Wildman–Crippen MR) is 126 cm³/mol. The second-order valence-electron chi connectivity index (χ2n) is 10.2. The van der Waals surface area contributed by atoms with Gasteiger partial charge in [-0.15, -0.1) is 0 Å². The molecule has 3 heterocycles. The lowest BCUT2D eigenvalue weighted by Gasteiger charge is -2.36. The second kappa shape index (κ2) is 9.55. The van der Waals surface area contributed by atoms with Crippen LogP contribution in [0.1, 0.15) is 45.6 Å². The van der Waals surface area contributed by atoms with Crippen LogP contribution in [0.5, 0.6) is 0 Å². The van der Waals surface area contributed by atoms with Crippen LogP contribution in [0.2, 0.25) is 0 Å². The number of alkyl carbamates (subject to hydrolysis) is 1. The molecule has 35 heavy (non-hydrogen) atoms. The van der Waals surface area contributed by atoms with Crippen molar-refractivity contribution in [2.75, 3.05) is 24.5 Å². The Hall–Kier alpha value is -3.63. The number of likely N-dealkylation sites (tertiary alicyclic amines) is 2. The summed E-state index contributed by atoms with van der Waals surface area (Å²) in [6.07, 6.45) is 1.25. The number of hydrogen-bond donors (Lipinski definition) is 1. The van der Waals surface area contributed by atoms with Gasteiger partial charge < -0.3 is 19.9 Å². The Kier molecular flexibility index (Phi) is 6.68. The lowest BCUT2D eigenvalue weighted by Crippen LogP contribution is -2.59. The quantitative estimate of drug-likeness (QED) is 0.682. The summed E-state index contributed by atoms with van der Waals surface area (Å²) in [5.41, 5.74) is 0.541. The van der Waals surface area contributed by atoms with Crippen molar-refractivity contribution in [1.82, 2.24) is 15.1 Å². The molecule has 4 rings (SSSR count). The molecule has 2 bridgehead atoms. The maximum atomic E-state index is 13.4. The number of nitrogens with zero attached hydrogens (tertiary/aromatic N) is 5. The van der Waals surface area contributed by atoms with E-state index < -0.39 is 29.8 Å². The second-order valence-corrected chi connectivity index (χ2v) is 10.2. The van der Waals surface area contributed by atoms with Gasteiger partial charge in [-0.25, -0.2) is 4.79 Å². The van der Waals surface area contributed by atoms with Crippen LogP contribution in [0.25, 0.3) is 0 Å². The lowest BCUT2D eigenvalue weighted by molar-refractivity contribution is -0.135. The van der Waals surface area contributed by atoms with Gasteiger partial charge >= 0.3 is 6.09 Å². The summed E-state index contributed by atoms with van der Waals surface area (Å²) in [5, 5.41) is 21.2. The number of carbonyl (C=O) groups is 3. The number of hydrogen-bond acceptors (Lipinski definition) is 7. The van der Waals surface area contributed by atoms with E-state index in [0.717, 1.165) is 12.1 Å². The molecule has 0 aliphatic carbocycles. The number of fused-ring (bicyclic) bond motifs is 2. The average molecular weight is 479 g/mol. The summed E-state index contributed by atoms with van der Waals surface area (Å²) >= 11 is 0. The first-order chi connectivity index (χ1) is 16.6. The van der Waals surface area contributed by atoms with Crippen molar-refractivity contribution in [3.8, 4) is 12.1 Å². The Balaban J connectivity index is 1.49. The zero-order chi connectivity index (χ0) is 25.3. The summed E-state index contributed by atoms with van der Waals surface area (Å²) in [5.74, 6) is -0.399. The molecule has 1 aromatic rings. The highest BCUT2D eigenvalue weighted by Gasteiger charge is 2.51. The molecule has 1 aromatic carbocycles. The Morgan fingerprint density at radius 3 is 2.54 bits per heavy atom. The van der Waals surface area contributed by atoms with E-state index in [0.29, 0.717) is 31.5 Å². The Morgan fingerprint density at radius 1 is 1.23 bits per heavy atom. The minimum atomic E-state index is -0.936. The molecule has 0 aromatic heterocycles. The molecule has 10 heteroatoms. The molecule has 3 aliphatic rings. The van der Waals surface area contributed by atoms with Gasteiger partial charge in [-0.2, -0.15) is 10.5 Å². The number of benzene rings is 1. The summed E-state index contributed by atoms with van der Waals surface area (Å²) in [4.78, 5) is 44.4. The van der Waals surface area contributed by atoms with Crippen molar-refractivity contribution in [2.24, 2.45) is 0 Å². The van der Waals surface area contributed by atoms with Crippen molar-refractivity contribution in [1.29, 1.82) is 10.5 Å². The minimum Gasteiger partial charge on any atom is -0.444 e. The standard InChI is InChI=1S/C25H30N6O4/c1-25(2,3)35-24(34)28-20(22(32)30-10-4-5-18(30)13-27)15-29-14-19-11-21(29)23(33)31(19)17-8-6-16(12-26)7-9-17/h6-9,18-21H,4-5,10-11,14-15H2,1-3H3,(H,28,34)/t18?,19-,20?,21?/m0/s1. The summed E-state index contributed by atoms with van der Waals surface area (Å²) < 4.78 is 5.37. The van der Waals surface area contributed by atoms with Crippen LogP contribution in [-0.4, -0.2) is 77.1 Å². The molecular formula is C25H30N6O4. The van der Waals surface area contributed by atoms with E-state index in [1.54, 1.807) is 49.9 Å². The first-order valence-electron chi connectivity index (χ1n) is 11.9. The van der Waals surface area contributed by atoms with Crippen LogP contribution in [0.15, 0.2) is 24.3 Å². The summed E-state index contributed by atoms with van der Waals surface area (Å²) in [6.45, 7) is 6.39. The molecule has 3 unspecified atom stereocenters. The van der Waals surface area contributed by atoms with Gasteiger partial charge in [0, 0.05) is 25.3 Å². The number of piperazine rings is 1. The highest BCUT2D eigenvalue weighted by molar-refractivity contribution is 6.01. The van der Waals surface area contributed by atoms with Crippen LogP contribution >= 0.6 is 0 Å². The van der Waals surface area contributed by atoms with E-state index >= 15 is 0 Å². The van der Waals surface area contributed by atoms with E-state index in [2.05, 4.69) is 17.5 Å². The number of rotatable bonds is 5. The predicted octanol–water partition coefficient (Wildman–Crippen LogP) is 1.76. The number of anilines is 1. The van der Waals surface area contributed by atoms with Crippen LogP contribution in [0.3, 0.4) is 0 Å². The minimum absolute atomic E-state index is 0.0589. The van der Waals surface area contributed by atoms with Crippen LogP contribution in [0.4, 0.5) is 10.5 Å². The van der Waals surface area contributed by atoms with Crippen molar-refractivity contribution in [2.45, 2.75) is 69.8 Å². The Labute approximate surface area is 205 Å². The van der Waals surface area contributed by atoms with E-state index in [1.807, 2.05) is 4.90 Å². The number of ether oxygens (including phenoxy) is 1. The van der Waals surface area contributed by atoms with Gasteiger partial charge in [-0.3, -0.25) is 14.5 Å². The normalized spacial score (nSPS) is 24.7. The fourth-order valence-electron chi connectivity index (χ4n) is 5.13. The molecule has 1 N–H and O–H groups in total. The van der Waals surface area contributed by atoms with Crippen molar-refractivity contribution in [3.63, 3.8) is 0 Å². The summed E-state index contributed by atoms with van der Waals surface area (Å²) in [7, 11) is 0. The molecule has 3 amide bonds. The Morgan fingerprint density at radius 2 is 1.94 bits per heavy atom. The van der Waals surface area contributed by atoms with Gasteiger partial charge in [0.25, 0.3) is 0 Å². The first kappa shape index (κ1) is 24.5. The zero-order valence-corrected chi connectivity index (χ0v) is 20.2. The van der Waals surface area contributed by atoms with E-state index in [4.69, 9.17) is 10.00 Å². The fraction of sp³-hybridized carbons (Fsp3) is 0.560. The first-order valence-corrected chi connectivity index (χ1v) is 11.9. The number of nitriles is 2. The number of carbonyl (C=O) groups excluding carboxylic acids is 3. The average Bonchev–Trinajstić information content (AvgIpc) is 3.51. The van der Waals surface area contributed by atoms with Gasteiger partial charge in [0.15, 0.2) is 0 Å². The molecule has 3 saturated heterocycles. The van der Waals surface area contributed by atoms with Gasteiger partial charge in [0.05, 0.1) is 29.8 Å². The highest BCUT2D eigenvalue weighted by Crippen LogP contribution is 2.36. The van der Waals surface area contributed by atoms with Gasteiger partial charge in [-0.1, -0.05) is 0 Å². The fourth-order valence-corrected chi connectivity index (χ4v) is 5.13. The molecule has 0 spiro atoms.